The van der Waals surface area contributed by atoms with Crippen molar-refractivity contribution < 1.29 is 14.0 Å². The quantitative estimate of drug-likeness (QED) is 0.781. The molecule has 1 aromatic heterocycles. The average molecular weight is 262 g/mol. The van der Waals surface area contributed by atoms with Gasteiger partial charge in [0, 0.05) is 18.0 Å². The molecule has 0 amide bonds. The van der Waals surface area contributed by atoms with Crippen LogP contribution in [0.1, 0.15) is 33.3 Å². The summed E-state index contributed by atoms with van der Waals surface area (Å²) in [4.78, 5) is 8.07. The first-order valence-corrected chi connectivity index (χ1v) is 6.24. The molecule has 0 atom stereocenters. The Balaban J connectivity index is 2.04. The normalized spacial score (nSPS) is 21.0. The van der Waals surface area contributed by atoms with Gasteiger partial charge >= 0.3 is 13.1 Å². The fourth-order valence-electron chi connectivity index (χ4n) is 1.67. The van der Waals surface area contributed by atoms with Crippen LogP contribution in [0, 0.1) is 0 Å². The Kier molecular flexibility index (Phi) is 3.65. The molecule has 1 aliphatic heterocycles. The summed E-state index contributed by atoms with van der Waals surface area (Å²) >= 11 is 0. The van der Waals surface area contributed by atoms with Gasteiger partial charge in [-0.25, -0.2) is 9.97 Å². The maximum absolute atomic E-state index is 5.86. The van der Waals surface area contributed by atoms with Crippen molar-refractivity contribution in [1.29, 1.82) is 0 Å². The van der Waals surface area contributed by atoms with E-state index < -0.39 is 0 Å². The van der Waals surface area contributed by atoms with Crippen LogP contribution in [0.25, 0.3) is 6.08 Å². The van der Waals surface area contributed by atoms with Crippen LogP contribution in [-0.4, -0.2) is 35.4 Å². The summed E-state index contributed by atoms with van der Waals surface area (Å²) in [5.74, 6) is 1.86. The van der Waals surface area contributed by atoms with Crippen molar-refractivity contribution in [1.82, 2.24) is 9.97 Å². The van der Waals surface area contributed by atoms with Gasteiger partial charge in [0.15, 0.2) is 0 Å². The van der Waals surface area contributed by atoms with E-state index in [1.165, 1.54) is 7.11 Å². The first-order valence-electron chi connectivity index (χ1n) is 6.24. The molecule has 0 saturated carbocycles. The summed E-state index contributed by atoms with van der Waals surface area (Å²) in [5, 5.41) is 0. The molecule has 6 heteroatoms. The van der Waals surface area contributed by atoms with Crippen LogP contribution in [0.2, 0.25) is 0 Å². The van der Waals surface area contributed by atoms with Gasteiger partial charge in [0.05, 0.1) is 18.3 Å². The predicted molar refractivity (Wildman–Crippen MR) is 73.7 cm³/mol. The van der Waals surface area contributed by atoms with Crippen LogP contribution >= 0.6 is 0 Å². The summed E-state index contributed by atoms with van der Waals surface area (Å²) in [6, 6.07) is 0.354. The SMILES string of the molecule is COc1ncc(C=CB2OC(C)(C)C(C)(C)O2)cn1. The third-order valence-electron chi connectivity index (χ3n) is 3.55. The largest absolute Gasteiger partial charge is 0.487 e. The minimum Gasteiger partial charge on any atom is -0.467 e. The molecule has 2 rings (SSSR count). The van der Waals surface area contributed by atoms with Gasteiger partial charge in [-0.15, -0.1) is 0 Å². The Morgan fingerprint density at radius 2 is 1.63 bits per heavy atom. The molecule has 1 aromatic rings. The van der Waals surface area contributed by atoms with E-state index in [1.807, 2.05) is 39.7 Å². The van der Waals surface area contributed by atoms with Gasteiger partial charge < -0.3 is 14.0 Å². The topological polar surface area (TPSA) is 53.5 Å². The van der Waals surface area contributed by atoms with Crippen molar-refractivity contribution in [2.45, 2.75) is 38.9 Å². The number of hydrogen-bond donors (Lipinski definition) is 0. The van der Waals surface area contributed by atoms with Gasteiger partial charge in [0.2, 0.25) is 0 Å². The van der Waals surface area contributed by atoms with E-state index in [4.69, 9.17) is 14.0 Å². The van der Waals surface area contributed by atoms with E-state index >= 15 is 0 Å². The Labute approximate surface area is 114 Å². The third kappa shape index (κ3) is 2.96. The molecule has 0 bridgehead atoms. The van der Waals surface area contributed by atoms with E-state index in [2.05, 4.69) is 9.97 Å². The minimum absolute atomic E-state index is 0.321. The Morgan fingerprint density at radius 1 is 1.11 bits per heavy atom. The number of rotatable bonds is 3. The van der Waals surface area contributed by atoms with E-state index in [0.717, 1.165) is 5.56 Å². The van der Waals surface area contributed by atoms with Crippen LogP contribution in [0.5, 0.6) is 6.01 Å². The molecule has 1 aliphatic rings. The van der Waals surface area contributed by atoms with Gasteiger partial charge in [-0.3, -0.25) is 0 Å². The fraction of sp³-hybridized carbons (Fsp3) is 0.538. The van der Waals surface area contributed by atoms with Crippen LogP contribution in [-0.2, 0) is 9.31 Å². The molecule has 2 heterocycles. The summed E-state index contributed by atoms with van der Waals surface area (Å²) in [5.41, 5.74) is 0.229. The predicted octanol–water partition coefficient (Wildman–Crippen LogP) is 2.13. The van der Waals surface area contributed by atoms with Gasteiger partial charge in [0.1, 0.15) is 0 Å². The fourth-order valence-corrected chi connectivity index (χ4v) is 1.67. The minimum atomic E-state index is -0.355. The smallest absolute Gasteiger partial charge is 0.467 e. The third-order valence-corrected chi connectivity index (χ3v) is 3.55. The summed E-state index contributed by atoms with van der Waals surface area (Å²) in [6.45, 7) is 8.10. The Morgan fingerprint density at radius 3 is 2.11 bits per heavy atom. The van der Waals surface area contributed by atoms with Gasteiger partial charge in [-0.05, 0) is 27.7 Å². The summed E-state index contributed by atoms with van der Waals surface area (Å²) in [6.07, 6.45) is 5.25. The van der Waals surface area contributed by atoms with Gasteiger partial charge in [-0.1, -0.05) is 12.1 Å². The number of aromatic nitrogens is 2. The number of hydrogen-bond acceptors (Lipinski definition) is 5. The van der Waals surface area contributed by atoms with Crippen molar-refractivity contribution in [3.8, 4) is 6.01 Å². The molecule has 0 radical (unpaired) electrons. The van der Waals surface area contributed by atoms with Crippen molar-refractivity contribution in [2.75, 3.05) is 7.11 Å². The molecule has 1 saturated heterocycles. The van der Waals surface area contributed by atoms with Crippen molar-refractivity contribution in [2.24, 2.45) is 0 Å². The lowest BCUT2D eigenvalue weighted by molar-refractivity contribution is 0.00578. The van der Waals surface area contributed by atoms with Gasteiger partial charge in [-0.2, -0.15) is 0 Å². The lowest BCUT2D eigenvalue weighted by Crippen LogP contribution is -2.41. The van der Waals surface area contributed by atoms with Crippen LogP contribution < -0.4 is 4.74 Å². The second kappa shape index (κ2) is 4.94. The van der Waals surface area contributed by atoms with Crippen LogP contribution in [0.4, 0.5) is 0 Å². The van der Waals surface area contributed by atoms with E-state index in [9.17, 15) is 0 Å². The number of nitrogens with zero attached hydrogens (tertiary/aromatic N) is 2. The molecule has 0 spiro atoms. The van der Waals surface area contributed by atoms with Crippen molar-refractivity contribution >= 4 is 13.2 Å². The zero-order valence-electron chi connectivity index (χ0n) is 12.0. The molecule has 1 fully saturated rings. The molecule has 0 unspecified atom stereocenters. The summed E-state index contributed by atoms with van der Waals surface area (Å²) < 4.78 is 16.6. The highest BCUT2D eigenvalue weighted by Gasteiger charge is 2.49. The zero-order valence-corrected chi connectivity index (χ0v) is 12.0. The number of methoxy groups -OCH3 is 1. The standard InChI is InChI=1S/C13H19BN2O3/c1-12(2)13(3,4)19-14(18-12)7-6-10-8-15-11(17-5)16-9-10/h6-9H,1-5H3. The lowest BCUT2D eigenvalue weighted by atomic mass is 9.89. The highest BCUT2D eigenvalue weighted by atomic mass is 16.7. The van der Waals surface area contributed by atoms with Crippen LogP contribution in [0.3, 0.4) is 0 Å². The van der Waals surface area contributed by atoms with E-state index in [-0.39, 0.29) is 18.3 Å². The summed E-state index contributed by atoms with van der Waals surface area (Å²) in [7, 11) is 1.18. The Bertz CT molecular complexity index is 455. The second-order valence-electron chi connectivity index (χ2n) is 5.49. The first kappa shape index (κ1) is 14.0. The first-order chi connectivity index (χ1) is 8.84. The monoisotopic (exact) mass is 262 g/mol. The highest BCUT2D eigenvalue weighted by Crippen LogP contribution is 2.36. The molecule has 19 heavy (non-hydrogen) atoms. The van der Waals surface area contributed by atoms with Crippen molar-refractivity contribution in [3.63, 3.8) is 0 Å². The number of ether oxygens (including phenoxy) is 1. The van der Waals surface area contributed by atoms with Crippen molar-refractivity contribution in [3.05, 3.63) is 23.9 Å². The molecular weight excluding hydrogens is 243 g/mol. The Hall–Kier alpha value is -1.40. The van der Waals surface area contributed by atoms with Gasteiger partial charge in [0.25, 0.3) is 0 Å². The van der Waals surface area contributed by atoms with E-state index in [0.29, 0.717) is 6.01 Å². The van der Waals surface area contributed by atoms with E-state index in [1.54, 1.807) is 12.4 Å². The molecule has 102 valence electrons. The highest BCUT2D eigenvalue weighted by molar-refractivity contribution is 6.52. The molecular formula is C13H19BN2O3. The second-order valence-corrected chi connectivity index (χ2v) is 5.49. The molecule has 5 nitrogen and oxygen atoms in total. The molecule has 0 aliphatic carbocycles. The maximum Gasteiger partial charge on any atom is 0.487 e. The zero-order chi connectivity index (χ0) is 14.1. The maximum atomic E-state index is 5.86. The lowest BCUT2D eigenvalue weighted by Gasteiger charge is -2.32. The van der Waals surface area contributed by atoms with Crippen LogP contribution in [0.15, 0.2) is 18.4 Å². The molecule has 0 N–H and O–H groups in total. The average Bonchev–Trinajstić information content (AvgIpc) is 2.56. The molecule has 0 aromatic carbocycles.